The zero-order chi connectivity index (χ0) is 9.42. The van der Waals surface area contributed by atoms with Crippen LogP contribution < -0.4 is 4.90 Å². The maximum absolute atomic E-state index is 13.0. The van der Waals surface area contributed by atoms with Crippen molar-refractivity contribution in [2.45, 2.75) is 25.8 Å². The molecule has 0 bridgehead atoms. The number of halogens is 1. The lowest BCUT2D eigenvalue weighted by molar-refractivity contribution is 0.586. The monoisotopic (exact) mass is 179 g/mol. The quantitative estimate of drug-likeness (QED) is 0.591. The Hall–Kier alpha value is -1.05. The van der Waals surface area contributed by atoms with Gasteiger partial charge in [-0.3, -0.25) is 0 Å². The van der Waals surface area contributed by atoms with Crippen molar-refractivity contribution < 1.29 is 4.39 Å². The van der Waals surface area contributed by atoms with Crippen LogP contribution in [0.25, 0.3) is 0 Å². The lowest BCUT2D eigenvalue weighted by atomic mass is 9.97. The third-order valence-corrected chi connectivity index (χ3v) is 2.92. The SMILES string of the molecule is C[C@H]1CCc2ccc(F)cc2N1C. The summed E-state index contributed by atoms with van der Waals surface area (Å²) in [7, 11) is 2.03. The van der Waals surface area contributed by atoms with Crippen molar-refractivity contribution in [3.8, 4) is 0 Å². The molecule has 1 aromatic rings. The van der Waals surface area contributed by atoms with E-state index in [9.17, 15) is 4.39 Å². The van der Waals surface area contributed by atoms with Gasteiger partial charge in [-0.05, 0) is 37.5 Å². The number of aryl methyl sites for hydroxylation is 1. The molecule has 70 valence electrons. The van der Waals surface area contributed by atoms with Gasteiger partial charge in [-0.1, -0.05) is 6.07 Å². The molecule has 1 nitrogen and oxygen atoms in total. The van der Waals surface area contributed by atoms with Crippen molar-refractivity contribution in [2.24, 2.45) is 0 Å². The molecular formula is C11H14FN. The fourth-order valence-electron chi connectivity index (χ4n) is 1.87. The van der Waals surface area contributed by atoms with Crippen LogP contribution in [-0.4, -0.2) is 13.1 Å². The van der Waals surface area contributed by atoms with Gasteiger partial charge in [-0.15, -0.1) is 0 Å². The van der Waals surface area contributed by atoms with Crippen LogP contribution in [0.15, 0.2) is 18.2 Å². The zero-order valence-electron chi connectivity index (χ0n) is 8.05. The molecule has 0 aliphatic carbocycles. The molecule has 1 aromatic carbocycles. The van der Waals surface area contributed by atoms with E-state index < -0.39 is 0 Å². The Morgan fingerprint density at radius 1 is 1.46 bits per heavy atom. The first kappa shape index (κ1) is 8.54. The lowest BCUT2D eigenvalue weighted by Crippen LogP contribution is -2.33. The third-order valence-electron chi connectivity index (χ3n) is 2.92. The second kappa shape index (κ2) is 3.02. The van der Waals surface area contributed by atoms with E-state index in [1.807, 2.05) is 13.1 Å². The molecule has 0 saturated heterocycles. The number of nitrogens with zero attached hydrogens (tertiary/aromatic N) is 1. The average Bonchev–Trinajstić information content (AvgIpc) is 2.12. The van der Waals surface area contributed by atoms with Gasteiger partial charge >= 0.3 is 0 Å². The summed E-state index contributed by atoms with van der Waals surface area (Å²) in [5, 5.41) is 0. The fraction of sp³-hybridized carbons (Fsp3) is 0.455. The van der Waals surface area contributed by atoms with E-state index in [0.29, 0.717) is 6.04 Å². The van der Waals surface area contributed by atoms with Crippen LogP contribution in [0, 0.1) is 5.82 Å². The van der Waals surface area contributed by atoms with Crippen molar-refractivity contribution in [3.05, 3.63) is 29.6 Å². The molecule has 0 fully saturated rings. The molecule has 13 heavy (non-hydrogen) atoms. The minimum atomic E-state index is -0.139. The Morgan fingerprint density at radius 3 is 3.00 bits per heavy atom. The van der Waals surface area contributed by atoms with Crippen molar-refractivity contribution in [1.29, 1.82) is 0 Å². The van der Waals surface area contributed by atoms with Gasteiger partial charge in [-0.25, -0.2) is 4.39 Å². The van der Waals surface area contributed by atoms with Crippen molar-refractivity contribution in [2.75, 3.05) is 11.9 Å². The molecule has 1 aliphatic heterocycles. The minimum Gasteiger partial charge on any atom is -0.372 e. The molecule has 0 amide bonds. The highest BCUT2D eigenvalue weighted by atomic mass is 19.1. The van der Waals surface area contributed by atoms with E-state index in [4.69, 9.17) is 0 Å². The van der Waals surface area contributed by atoms with Crippen LogP contribution in [0.1, 0.15) is 18.9 Å². The van der Waals surface area contributed by atoms with Gasteiger partial charge < -0.3 is 4.90 Å². The van der Waals surface area contributed by atoms with Crippen molar-refractivity contribution >= 4 is 5.69 Å². The van der Waals surface area contributed by atoms with Gasteiger partial charge in [0.2, 0.25) is 0 Å². The summed E-state index contributed by atoms with van der Waals surface area (Å²) >= 11 is 0. The smallest absolute Gasteiger partial charge is 0.125 e. The number of benzene rings is 1. The summed E-state index contributed by atoms with van der Waals surface area (Å²) in [6.07, 6.45) is 2.23. The maximum atomic E-state index is 13.0. The predicted molar refractivity (Wildman–Crippen MR) is 52.6 cm³/mol. The van der Waals surface area contributed by atoms with Crippen molar-refractivity contribution in [3.63, 3.8) is 0 Å². The van der Waals surface area contributed by atoms with Crippen LogP contribution in [-0.2, 0) is 6.42 Å². The number of hydrogen-bond donors (Lipinski definition) is 0. The van der Waals surface area contributed by atoms with Gasteiger partial charge in [-0.2, -0.15) is 0 Å². The molecule has 0 N–H and O–H groups in total. The lowest BCUT2D eigenvalue weighted by Gasteiger charge is -2.33. The van der Waals surface area contributed by atoms with Gasteiger partial charge in [0.15, 0.2) is 0 Å². The highest BCUT2D eigenvalue weighted by Crippen LogP contribution is 2.29. The summed E-state index contributed by atoms with van der Waals surface area (Å²) in [4.78, 5) is 2.15. The standard InChI is InChI=1S/C11H14FN/c1-8-3-4-9-5-6-10(12)7-11(9)13(8)2/h5-8H,3-4H2,1-2H3/t8-/m0/s1. The van der Waals surface area contributed by atoms with Crippen LogP contribution in [0.4, 0.5) is 10.1 Å². The zero-order valence-corrected chi connectivity index (χ0v) is 8.05. The summed E-state index contributed by atoms with van der Waals surface area (Å²) < 4.78 is 13.0. The van der Waals surface area contributed by atoms with Gasteiger partial charge in [0.25, 0.3) is 0 Å². The minimum absolute atomic E-state index is 0.139. The van der Waals surface area contributed by atoms with Crippen LogP contribution in [0.3, 0.4) is 0 Å². The number of fused-ring (bicyclic) bond motifs is 1. The number of hydrogen-bond acceptors (Lipinski definition) is 1. The predicted octanol–water partition coefficient (Wildman–Crippen LogP) is 2.60. The van der Waals surface area contributed by atoms with E-state index in [0.717, 1.165) is 18.5 Å². The highest BCUT2D eigenvalue weighted by Gasteiger charge is 2.19. The van der Waals surface area contributed by atoms with Gasteiger partial charge in [0.1, 0.15) is 5.82 Å². The molecule has 0 spiro atoms. The largest absolute Gasteiger partial charge is 0.372 e. The van der Waals surface area contributed by atoms with E-state index in [-0.39, 0.29) is 5.82 Å². The van der Waals surface area contributed by atoms with Crippen LogP contribution >= 0.6 is 0 Å². The van der Waals surface area contributed by atoms with E-state index in [1.165, 1.54) is 5.56 Å². The summed E-state index contributed by atoms with van der Waals surface area (Å²) in [5.41, 5.74) is 2.32. The van der Waals surface area contributed by atoms with Crippen molar-refractivity contribution in [1.82, 2.24) is 0 Å². The normalized spacial score (nSPS) is 21.5. The Morgan fingerprint density at radius 2 is 2.23 bits per heavy atom. The molecule has 1 aliphatic rings. The molecule has 2 rings (SSSR count). The molecular weight excluding hydrogens is 165 g/mol. The Bertz CT molecular complexity index is 322. The molecule has 1 heterocycles. The molecule has 1 atom stereocenters. The molecule has 0 aromatic heterocycles. The summed E-state index contributed by atoms with van der Waals surface area (Å²) in [6.45, 7) is 2.17. The highest BCUT2D eigenvalue weighted by molar-refractivity contribution is 5.55. The Balaban J connectivity index is 2.45. The first-order valence-corrected chi connectivity index (χ1v) is 4.70. The fourth-order valence-corrected chi connectivity index (χ4v) is 1.87. The Kier molecular flexibility index (Phi) is 1.98. The third kappa shape index (κ3) is 1.41. The first-order valence-electron chi connectivity index (χ1n) is 4.70. The van der Waals surface area contributed by atoms with Gasteiger partial charge in [0, 0.05) is 18.8 Å². The average molecular weight is 179 g/mol. The van der Waals surface area contributed by atoms with E-state index in [2.05, 4.69) is 11.8 Å². The summed E-state index contributed by atoms with van der Waals surface area (Å²) in [5.74, 6) is -0.139. The molecule has 2 heteroatoms. The number of anilines is 1. The van der Waals surface area contributed by atoms with E-state index in [1.54, 1.807) is 12.1 Å². The molecule has 0 saturated carbocycles. The second-order valence-corrected chi connectivity index (χ2v) is 3.77. The topological polar surface area (TPSA) is 3.24 Å². The van der Waals surface area contributed by atoms with E-state index >= 15 is 0 Å². The molecule has 0 unspecified atom stereocenters. The number of rotatable bonds is 0. The van der Waals surface area contributed by atoms with Crippen LogP contribution in [0.5, 0.6) is 0 Å². The summed E-state index contributed by atoms with van der Waals surface area (Å²) in [6, 6.07) is 5.59. The Labute approximate surface area is 78.2 Å². The molecule has 0 radical (unpaired) electrons. The van der Waals surface area contributed by atoms with Gasteiger partial charge in [0.05, 0.1) is 0 Å². The first-order chi connectivity index (χ1) is 6.18. The maximum Gasteiger partial charge on any atom is 0.125 e. The second-order valence-electron chi connectivity index (χ2n) is 3.77. The van der Waals surface area contributed by atoms with Crippen LogP contribution in [0.2, 0.25) is 0 Å².